The number of aliphatic hydroxyl groups is 1. The summed E-state index contributed by atoms with van der Waals surface area (Å²) < 4.78 is 0. The van der Waals surface area contributed by atoms with Crippen molar-refractivity contribution in [3.63, 3.8) is 0 Å². The van der Waals surface area contributed by atoms with Crippen molar-refractivity contribution < 1.29 is 9.90 Å². The largest absolute Gasteiger partial charge is 0.395 e. The number of likely N-dealkylation sites (tertiary alicyclic amines) is 1. The maximum absolute atomic E-state index is 10.5. The summed E-state index contributed by atoms with van der Waals surface area (Å²) in [5, 5.41) is 8.86. The first-order chi connectivity index (χ1) is 7.83. The first kappa shape index (κ1) is 11.8. The Morgan fingerprint density at radius 2 is 1.94 bits per heavy atom. The summed E-state index contributed by atoms with van der Waals surface area (Å²) in [5.41, 5.74) is 0. The minimum absolute atomic E-state index is 0.247. The summed E-state index contributed by atoms with van der Waals surface area (Å²) in [5.74, 6) is 0. The molecule has 0 unspecified atom stereocenters. The maximum atomic E-state index is 10.5. The van der Waals surface area contributed by atoms with Gasteiger partial charge in [-0.1, -0.05) is 0 Å². The normalized spacial score (nSPS) is 28.6. The van der Waals surface area contributed by atoms with E-state index in [0.717, 1.165) is 52.2 Å². The predicted octanol–water partition coefficient (Wildman–Crippen LogP) is -1.26. The smallest absolute Gasteiger partial charge is 0.312 e. The van der Waals surface area contributed by atoms with Crippen molar-refractivity contribution in [2.75, 3.05) is 52.4 Å². The highest BCUT2D eigenvalue weighted by molar-refractivity contribution is 5.48. The lowest BCUT2D eigenvalue weighted by Crippen LogP contribution is -2.51. The lowest BCUT2D eigenvalue weighted by atomic mass is 10.2. The molecule has 91 valence electrons. The number of rotatable bonds is 4. The lowest BCUT2D eigenvalue weighted by Gasteiger charge is -2.37. The van der Waals surface area contributed by atoms with Gasteiger partial charge in [-0.3, -0.25) is 14.6 Å². The van der Waals surface area contributed by atoms with Gasteiger partial charge in [-0.2, -0.15) is 0 Å². The molecule has 2 saturated heterocycles. The lowest BCUT2D eigenvalue weighted by molar-refractivity contribution is 0.0872. The van der Waals surface area contributed by atoms with E-state index >= 15 is 0 Å². The van der Waals surface area contributed by atoms with Crippen LogP contribution in [0.1, 0.15) is 6.42 Å². The van der Waals surface area contributed by atoms with Crippen LogP contribution in [-0.4, -0.2) is 84.7 Å². The number of hydrogen-bond acceptors (Lipinski definition) is 4. The Bertz CT molecular complexity index is 229. The number of aliphatic hydroxyl groups excluding tert-OH is 1. The van der Waals surface area contributed by atoms with Crippen LogP contribution in [0.5, 0.6) is 0 Å². The molecule has 0 aromatic carbocycles. The fourth-order valence-electron chi connectivity index (χ4n) is 2.62. The number of β-amino-alcohol motifs (C(OH)–C–C–N with tert-alkyl or cyclic N) is 1. The predicted molar refractivity (Wildman–Crippen MR) is 60.8 cm³/mol. The summed E-state index contributed by atoms with van der Waals surface area (Å²) >= 11 is 0. The van der Waals surface area contributed by atoms with Gasteiger partial charge in [-0.25, -0.2) is 0 Å². The van der Waals surface area contributed by atoms with E-state index in [4.69, 9.17) is 5.11 Å². The Morgan fingerprint density at radius 1 is 1.19 bits per heavy atom. The van der Waals surface area contributed by atoms with Gasteiger partial charge in [0.15, 0.2) is 0 Å². The first-order valence-electron chi connectivity index (χ1n) is 6.03. The van der Waals surface area contributed by atoms with Crippen LogP contribution >= 0.6 is 0 Å². The van der Waals surface area contributed by atoms with E-state index in [0.29, 0.717) is 6.04 Å². The number of hydrogen-bond donors (Lipinski definition) is 1. The molecule has 5 heteroatoms. The second-order valence-corrected chi connectivity index (χ2v) is 4.58. The topological polar surface area (TPSA) is 47.0 Å². The number of piperazine rings is 1. The Kier molecular flexibility index (Phi) is 4.15. The standard InChI is InChI=1S/C11H20N3O2/c15-8-7-12-3-5-14(6-4-12)11-1-2-13(9-11)10-16/h11,15H,1-9H2/t11-/m0/s1. The highest BCUT2D eigenvalue weighted by atomic mass is 16.3. The molecule has 5 nitrogen and oxygen atoms in total. The zero-order valence-electron chi connectivity index (χ0n) is 9.64. The van der Waals surface area contributed by atoms with Gasteiger partial charge < -0.3 is 10.0 Å². The first-order valence-corrected chi connectivity index (χ1v) is 6.03. The SMILES string of the molecule is O=[C]N1CC[C@H](N2CCN(CCO)CC2)C1. The van der Waals surface area contributed by atoms with Crippen molar-refractivity contribution >= 4 is 6.41 Å². The molecular weight excluding hydrogens is 206 g/mol. The Hall–Kier alpha value is -0.650. The van der Waals surface area contributed by atoms with E-state index in [1.165, 1.54) is 0 Å². The zero-order chi connectivity index (χ0) is 11.4. The van der Waals surface area contributed by atoms with E-state index < -0.39 is 0 Å². The molecule has 0 aliphatic carbocycles. The van der Waals surface area contributed by atoms with E-state index in [1.54, 1.807) is 4.90 Å². The summed E-state index contributed by atoms with van der Waals surface area (Å²) in [4.78, 5) is 17.0. The molecule has 0 aromatic rings. The van der Waals surface area contributed by atoms with Crippen molar-refractivity contribution in [1.82, 2.24) is 14.7 Å². The molecule has 0 bridgehead atoms. The fraction of sp³-hybridized carbons (Fsp3) is 0.909. The Morgan fingerprint density at radius 3 is 2.50 bits per heavy atom. The summed E-state index contributed by atoms with van der Waals surface area (Å²) in [6, 6.07) is 0.526. The summed E-state index contributed by atoms with van der Waals surface area (Å²) in [6.07, 6.45) is 3.05. The van der Waals surface area contributed by atoms with Crippen LogP contribution in [0.3, 0.4) is 0 Å². The van der Waals surface area contributed by atoms with Crippen LogP contribution in [-0.2, 0) is 4.79 Å². The fourth-order valence-corrected chi connectivity index (χ4v) is 2.62. The second-order valence-electron chi connectivity index (χ2n) is 4.58. The van der Waals surface area contributed by atoms with E-state index in [2.05, 4.69) is 9.80 Å². The van der Waals surface area contributed by atoms with Gasteiger partial charge in [0.1, 0.15) is 0 Å². The van der Waals surface area contributed by atoms with Gasteiger partial charge in [0.05, 0.1) is 6.61 Å². The Balaban J connectivity index is 1.74. The molecule has 2 rings (SSSR count). The van der Waals surface area contributed by atoms with Gasteiger partial charge in [0, 0.05) is 51.9 Å². The van der Waals surface area contributed by atoms with Crippen LogP contribution in [0.4, 0.5) is 0 Å². The van der Waals surface area contributed by atoms with E-state index in [-0.39, 0.29) is 6.61 Å². The van der Waals surface area contributed by atoms with Gasteiger partial charge in [0.25, 0.3) is 0 Å². The molecule has 0 aromatic heterocycles. The van der Waals surface area contributed by atoms with Gasteiger partial charge in [-0.15, -0.1) is 0 Å². The van der Waals surface area contributed by atoms with Crippen LogP contribution < -0.4 is 0 Å². The van der Waals surface area contributed by atoms with Gasteiger partial charge in [0.2, 0.25) is 0 Å². The third-order valence-corrected chi connectivity index (χ3v) is 3.63. The maximum Gasteiger partial charge on any atom is 0.312 e. The molecule has 1 atom stereocenters. The van der Waals surface area contributed by atoms with Crippen LogP contribution in [0.25, 0.3) is 0 Å². The zero-order valence-corrected chi connectivity index (χ0v) is 9.64. The molecular formula is C11H20N3O2. The molecule has 2 fully saturated rings. The summed E-state index contributed by atoms with van der Waals surface area (Å²) in [7, 11) is 0. The summed E-state index contributed by atoms with van der Waals surface area (Å²) in [6.45, 7) is 6.89. The minimum Gasteiger partial charge on any atom is -0.395 e. The van der Waals surface area contributed by atoms with Gasteiger partial charge in [-0.05, 0) is 6.42 Å². The number of amides is 1. The van der Waals surface area contributed by atoms with Crippen molar-refractivity contribution in [3.05, 3.63) is 0 Å². The molecule has 16 heavy (non-hydrogen) atoms. The average Bonchev–Trinajstić information content (AvgIpc) is 2.79. The highest BCUT2D eigenvalue weighted by Crippen LogP contribution is 2.16. The van der Waals surface area contributed by atoms with Crippen molar-refractivity contribution in [1.29, 1.82) is 0 Å². The molecule has 2 aliphatic rings. The number of nitrogens with zero attached hydrogens (tertiary/aromatic N) is 3. The molecule has 2 heterocycles. The molecule has 1 amide bonds. The molecule has 1 radical (unpaired) electrons. The van der Waals surface area contributed by atoms with Crippen molar-refractivity contribution in [2.45, 2.75) is 12.5 Å². The number of carbonyl (C=O) groups excluding carboxylic acids is 1. The minimum atomic E-state index is 0.247. The monoisotopic (exact) mass is 226 g/mol. The second kappa shape index (κ2) is 5.61. The molecule has 2 aliphatic heterocycles. The van der Waals surface area contributed by atoms with Crippen molar-refractivity contribution in [2.24, 2.45) is 0 Å². The van der Waals surface area contributed by atoms with Crippen molar-refractivity contribution in [3.8, 4) is 0 Å². The Labute approximate surface area is 96.6 Å². The van der Waals surface area contributed by atoms with Crippen LogP contribution in [0.15, 0.2) is 0 Å². The average molecular weight is 226 g/mol. The highest BCUT2D eigenvalue weighted by Gasteiger charge is 2.29. The molecule has 0 spiro atoms. The van der Waals surface area contributed by atoms with E-state index in [9.17, 15) is 4.79 Å². The van der Waals surface area contributed by atoms with Crippen LogP contribution in [0, 0.1) is 0 Å². The quantitative estimate of drug-likeness (QED) is 0.650. The van der Waals surface area contributed by atoms with E-state index in [1.807, 2.05) is 6.41 Å². The molecule has 1 N–H and O–H groups in total. The van der Waals surface area contributed by atoms with Gasteiger partial charge >= 0.3 is 6.41 Å². The third kappa shape index (κ3) is 2.72. The van der Waals surface area contributed by atoms with Crippen LogP contribution in [0.2, 0.25) is 0 Å². The molecule has 0 saturated carbocycles. The third-order valence-electron chi connectivity index (χ3n) is 3.63.